The minimum absolute atomic E-state index is 0.0874. The summed E-state index contributed by atoms with van der Waals surface area (Å²) in [5.41, 5.74) is 5.11. The number of aromatic nitrogens is 1. The molecule has 1 saturated carbocycles. The number of carbonyl (C=O) groups excluding carboxylic acids is 1. The number of hydrogen-bond donors (Lipinski definition) is 3. The topological polar surface area (TPSA) is 105 Å². The molecule has 19 heavy (non-hydrogen) atoms. The lowest BCUT2D eigenvalue weighted by atomic mass is 9.96. The van der Waals surface area contributed by atoms with E-state index in [1.165, 1.54) is 6.07 Å². The number of nitrogens with zero attached hydrogens (tertiary/aromatic N) is 1. The number of aliphatic carboxylic acids is 1. The van der Waals surface area contributed by atoms with E-state index >= 15 is 0 Å². The van der Waals surface area contributed by atoms with Crippen LogP contribution >= 0.6 is 0 Å². The molecule has 2 rings (SSSR count). The third-order valence-corrected chi connectivity index (χ3v) is 3.46. The van der Waals surface area contributed by atoms with Gasteiger partial charge in [-0.15, -0.1) is 0 Å². The molecule has 6 nitrogen and oxygen atoms in total. The Labute approximate surface area is 111 Å². The summed E-state index contributed by atoms with van der Waals surface area (Å²) in [7, 11) is 0. The van der Waals surface area contributed by atoms with Crippen LogP contribution in [-0.4, -0.2) is 27.5 Å². The highest BCUT2D eigenvalue weighted by atomic mass is 16.4. The van der Waals surface area contributed by atoms with Gasteiger partial charge in [-0.3, -0.25) is 4.79 Å². The summed E-state index contributed by atoms with van der Waals surface area (Å²) in [5.74, 6) is -1.02. The number of nitrogens with two attached hydrogens (primary N) is 1. The number of carboxylic acids is 1. The maximum absolute atomic E-state index is 11.4. The van der Waals surface area contributed by atoms with Crippen LogP contribution < -0.4 is 11.1 Å². The van der Waals surface area contributed by atoms with Crippen molar-refractivity contribution in [1.29, 1.82) is 0 Å². The minimum atomic E-state index is -1.06. The van der Waals surface area contributed by atoms with Gasteiger partial charge in [0.05, 0.1) is 0 Å². The largest absolute Gasteiger partial charge is 0.480 e. The van der Waals surface area contributed by atoms with Crippen LogP contribution in [0, 0.1) is 12.8 Å². The Morgan fingerprint density at radius 1 is 1.47 bits per heavy atom. The fraction of sp³-hybridized carbons (Fsp3) is 0.462. The summed E-state index contributed by atoms with van der Waals surface area (Å²) in [4.78, 5) is 26.8. The van der Waals surface area contributed by atoms with Crippen molar-refractivity contribution in [2.45, 2.75) is 32.2 Å². The number of hydrogen-bond acceptors (Lipinski definition) is 4. The van der Waals surface area contributed by atoms with Gasteiger partial charge < -0.3 is 16.2 Å². The molecule has 1 amide bonds. The molecule has 1 aromatic heterocycles. The second kappa shape index (κ2) is 4.53. The van der Waals surface area contributed by atoms with E-state index in [-0.39, 0.29) is 5.92 Å². The van der Waals surface area contributed by atoms with E-state index < -0.39 is 17.4 Å². The number of carboxylic acid groups (broad SMARTS) is 1. The normalized spacial score (nSPS) is 17.6. The fourth-order valence-corrected chi connectivity index (χ4v) is 2.13. The maximum Gasteiger partial charge on any atom is 0.329 e. The number of amides is 1. The lowest BCUT2D eigenvalue weighted by Gasteiger charge is -2.27. The van der Waals surface area contributed by atoms with E-state index in [9.17, 15) is 14.7 Å². The van der Waals surface area contributed by atoms with Crippen LogP contribution in [0.3, 0.4) is 0 Å². The predicted molar refractivity (Wildman–Crippen MR) is 69.9 cm³/mol. The van der Waals surface area contributed by atoms with E-state index in [1.54, 1.807) is 19.9 Å². The molecule has 0 bridgehead atoms. The van der Waals surface area contributed by atoms with Gasteiger partial charge in [0.25, 0.3) is 0 Å². The van der Waals surface area contributed by atoms with Gasteiger partial charge >= 0.3 is 5.97 Å². The Morgan fingerprint density at radius 2 is 2.11 bits per heavy atom. The highest BCUT2D eigenvalue weighted by Crippen LogP contribution is 2.41. The average Bonchev–Trinajstić information content (AvgIpc) is 3.11. The number of aryl methyl sites for hydroxylation is 1. The Morgan fingerprint density at radius 3 is 2.58 bits per heavy atom. The Balaban J connectivity index is 2.31. The van der Waals surface area contributed by atoms with Crippen molar-refractivity contribution >= 4 is 17.7 Å². The molecule has 0 radical (unpaired) electrons. The molecule has 6 heteroatoms. The zero-order valence-corrected chi connectivity index (χ0v) is 10.9. The first-order valence-electron chi connectivity index (χ1n) is 6.13. The van der Waals surface area contributed by atoms with Crippen LogP contribution in [0.4, 0.5) is 5.82 Å². The van der Waals surface area contributed by atoms with Crippen LogP contribution in [0.1, 0.15) is 35.8 Å². The van der Waals surface area contributed by atoms with Gasteiger partial charge in [0.2, 0.25) is 5.91 Å². The summed E-state index contributed by atoms with van der Waals surface area (Å²) in [6.45, 7) is 3.37. The van der Waals surface area contributed by atoms with Gasteiger partial charge in [0.1, 0.15) is 11.4 Å². The molecule has 0 spiro atoms. The summed E-state index contributed by atoms with van der Waals surface area (Å²) < 4.78 is 0. The predicted octanol–water partition coefficient (Wildman–Crippen LogP) is 1.15. The second-order valence-corrected chi connectivity index (χ2v) is 5.15. The van der Waals surface area contributed by atoms with Crippen molar-refractivity contribution < 1.29 is 14.7 Å². The lowest BCUT2D eigenvalue weighted by molar-refractivity contribution is -0.142. The van der Waals surface area contributed by atoms with E-state index in [4.69, 9.17) is 5.73 Å². The van der Waals surface area contributed by atoms with Gasteiger partial charge in [-0.25, -0.2) is 9.78 Å². The third kappa shape index (κ3) is 2.67. The quantitative estimate of drug-likeness (QED) is 0.739. The molecule has 0 saturated heterocycles. The highest BCUT2D eigenvalue weighted by Gasteiger charge is 2.47. The SMILES string of the molecule is Cc1cc(C(N)=O)cc(NC(C)(C(=O)O)C2CC2)n1. The summed E-state index contributed by atoms with van der Waals surface area (Å²) in [5, 5.41) is 12.3. The Kier molecular flexibility index (Phi) is 3.18. The smallest absolute Gasteiger partial charge is 0.329 e. The summed E-state index contributed by atoms with van der Waals surface area (Å²) >= 11 is 0. The van der Waals surface area contributed by atoms with Crippen molar-refractivity contribution in [2.24, 2.45) is 11.7 Å². The van der Waals surface area contributed by atoms with Crippen molar-refractivity contribution in [2.75, 3.05) is 5.32 Å². The number of carbonyl (C=O) groups is 2. The highest BCUT2D eigenvalue weighted by molar-refractivity contribution is 5.94. The molecule has 102 valence electrons. The van der Waals surface area contributed by atoms with Crippen LogP contribution in [0.2, 0.25) is 0 Å². The van der Waals surface area contributed by atoms with Crippen LogP contribution in [0.25, 0.3) is 0 Å². The zero-order valence-electron chi connectivity index (χ0n) is 10.9. The van der Waals surface area contributed by atoms with Gasteiger partial charge in [0, 0.05) is 11.3 Å². The number of anilines is 1. The molecule has 1 aromatic rings. The third-order valence-electron chi connectivity index (χ3n) is 3.46. The van der Waals surface area contributed by atoms with Gasteiger partial charge in [0.15, 0.2) is 0 Å². The molecule has 1 fully saturated rings. The summed E-state index contributed by atoms with van der Waals surface area (Å²) in [6.07, 6.45) is 1.76. The standard InChI is InChI=1S/C13H17N3O3/c1-7-5-8(11(14)17)6-10(15-7)16-13(2,12(18)19)9-3-4-9/h5-6,9H,3-4H2,1-2H3,(H2,14,17)(H,15,16)(H,18,19). The first-order valence-corrected chi connectivity index (χ1v) is 6.13. The monoisotopic (exact) mass is 263 g/mol. The molecule has 4 N–H and O–H groups in total. The van der Waals surface area contributed by atoms with E-state index in [0.29, 0.717) is 17.1 Å². The number of primary amides is 1. The Hall–Kier alpha value is -2.11. The first kappa shape index (κ1) is 13.3. The van der Waals surface area contributed by atoms with Crippen molar-refractivity contribution in [3.8, 4) is 0 Å². The van der Waals surface area contributed by atoms with Gasteiger partial charge in [-0.2, -0.15) is 0 Å². The van der Waals surface area contributed by atoms with Crippen molar-refractivity contribution in [3.63, 3.8) is 0 Å². The minimum Gasteiger partial charge on any atom is -0.480 e. The molecule has 1 atom stereocenters. The average molecular weight is 263 g/mol. The number of nitrogens with one attached hydrogen (secondary N) is 1. The van der Waals surface area contributed by atoms with Crippen LogP contribution in [0.5, 0.6) is 0 Å². The lowest BCUT2D eigenvalue weighted by Crippen LogP contribution is -2.45. The molecular formula is C13H17N3O3. The summed E-state index contributed by atoms with van der Waals surface area (Å²) in [6, 6.07) is 3.06. The fourth-order valence-electron chi connectivity index (χ4n) is 2.13. The molecule has 0 aliphatic heterocycles. The second-order valence-electron chi connectivity index (χ2n) is 5.15. The van der Waals surface area contributed by atoms with E-state index in [1.807, 2.05) is 0 Å². The molecular weight excluding hydrogens is 246 g/mol. The van der Waals surface area contributed by atoms with E-state index in [2.05, 4.69) is 10.3 Å². The molecule has 1 unspecified atom stereocenters. The Bertz CT molecular complexity index is 540. The number of pyridine rings is 1. The first-order chi connectivity index (χ1) is 8.83. The van der Waals surface area contributed by atoms with Crippen molar-refractivity contribution in [3.05, 3.63) is 23.4 Å². The van der Waals surface area contributed by atoms with Gasteiger partial charge in [-0.05, 0) is 44.7 Å². The van der Waals surface area contributed by atoms with Gasteiger partial charge in [-0.1, -0.05) is 0 Å². The molecule has 1 aliphatic rings. The molecule has 1 heterocycles. The van der Waals surface area contributed by atoms with E-state index in [0.717, 1.165) is 12.8 Å². The van der Waals surface area contributed by atoms with Crippen LogP contribution in [0.15, 0.2) is 12.1 Å². The van der Waals surface area contributed by atoms with Crippen LogP contribution in [-0.2, 0) is 4.79 Å². The van der Waals surface area contributed by atoms with Crippen molar-refractivity contribution in [1.82, 2.24) is 4.98 Å². The zero-order chi connectivity index (χ0) is 14.2. The number of rotatable bonds is 5. The maximum atomic E-state index is 11.4. The molecule has 1 aliphatic carbocycles. The molecule has 0 aromatic carbocycles.